The normalized spacial score (nSPS) is 16.3. The molecule has 0 bridgehead atoms. The van der Waals surface area contributed by atoms with Crippen molar-refractivity contribution in [2.24, 2.45) is 0 Å². The van der Waals surface area contributed by atoms with Gasteiger partial charge in [0.2, 0.25) is 0 Å². The van der Waals surface area contributed by atoms with Gasteiger partial charge in [0.15, 0.2) is 5.82 Å². The van der Waals surface area contributed by atoms with E-state index in [4.69, 9.17) is 10.5 Å². The highest BCUT2D eigenvalue weighted by molar-refractivity contribution is 5.67. The van der Waals surface area contributed by atoms with E-state index < -0.39 is 0 Å². The zero-order chi connectivity index (χ0) is 14.8. The standard InChI is InChI=1S/C14H20N6O/c1-10-6-19(4-3-16-10)7-13-11(8-21-2)5-12-14(15)17-9-18-20(12)13/h5,9,16H,1,3-4,6-8H2,2H3,(H2,15,17,18). The molecular weight excluding hydrogens is 268 g/mol. The lowest BCUT2D eigenvalue weighted by atomic mass is 10.2. The van der Waals surface area contributed by atoms with Gasteiger partial charge in [-0.1, -0.05) is 6.58 Å². The van der Waals surface area contributed by atoms with Crippen LogP contribution >= 0.6 is 0 Å². The molecule has 1 aliphatic rings. The van der Waals surface area contributed by atoms with Gasteiger partial charge in [-0.25, -0.2) is 9.50 Å². The number of ether oxygens (including phenoxy) is 1. The maximum Gasteiger partial charge on any atom is 0.151 e. The summed E-state index contributed by atoms with van der Waals surface area (Å²) in [7, 11) is 1.69. The molecule has 2 aromatic rings. The molecule has 0 radical (unpaired) electrons. The van der Waals surface area contributed by atoms with E-state index >= 15 is 0 Å². The fourth-order valence-corrected chi connectivity index (χ4v) is 2.70. The van der Waals surface area contributed by atoms with E-state index in [0.717, 1.165) is 48.7 Å². The molecule has 1 saturated heterocycles. The summed E-state index contributed by atoms with van der Waals surface area (Å²) in [6.45, 7) is 8.03. The summed E-state index contributed by atoms with van der Waals surface area (Å²) in [4.78, 5) is 6.38. The Morgan fingerprint density at radius 3 is 3.14 bits per heavy atom. The third-order valence-electron chi connectivity index (χ3n) is 3.68. The van der Waals surface area contributed by atoms with Gasteiger partial charge < -0.3 is 15.8 Å². The zero-order valence-electron chi connectivity index (χ0n) is 12.2. The molecule has 0 amide bonds. The molecule has 0 atom stereocenters. The van der Waals surface area contributed by atoms with Crippen molar-refractivity contribution in [3.05, 3.63) is 35.9 Å². The Kier molecular flexibility index (Phi) is 3.76. The predicted molar refractivity (Wildman–Crippen MR) is 80.5 cm³/mol. The number of nitrogens with one attached hydrogen (secondary N) is 1. The van der Waals surface area contributed by atoms with Crippen LogP contribution in [0, 0.1) is 0 Å². The van der Waals surface area contributed by atoms with Gasteiger partial charge >= 0.3 is 0 Å². The number of nitrogens with two attached hydrogens (primary N) is 1. The number of anilines is 1. The van der Waals surface area contributed by atoms with Gasteiger partial charge in [0, 0.05) is 44.5 Å². The lowest BCUT2D eigenvalue weighted by molar-refractivity contribution is 0.181. The van der Waals surface area contributed by atoms with Crippen LogP contribution in [-0.2, 0) is 17.9 Å². The van der Waals surface area contributed by atoms with E-state index in [1.165, 1.54) is 6.33 Å². The van der Waals surface area contributed by atoms with E-state index in [0.29, 0.717) is 12.4 Å². The van der Waals surface area contributed by atoms with Crippen molar-refractivity contribution in [1.82, 2.24) is 24.8 Å². The van der Waals surface area contributed by atoms with Crippen molar-refractivity contribution < 1.29 is 4.74 Å². The second-order valence-electron chi connectivity index (χ2n) is 5.23. The molecule has 7 heteroatoms. The Hall–Kier alpha value is -2.12. The van der Waals surface area contributed by atoms with E-state index in [-0.39, 0.29) is 0 Å². The average molecular weight is 288 g/mol. The number of piperazine rings is 1. The molecule has 3 heterocycles. The van der Waals surface area contributed by atoms with Crippen LogP contribution in [0.15, 0.2) is 24.7 Å². The molecule has 0 aliphatic carbocycles. The van der Waals surface area contributed by atoms with Crippen LogP contribution in [0.5, 0.6) is 0 Å². The first-order valence-electron chi connectivity index (χ1n) is 6.92. The predicted octanol–water partition coefficient (Wildman–Crippen LogP) is 0.377. The summed E-state index contributed by atoms with van der Waals surface area (Å²) in [5.41, 5.74) is 10.00. The summed E-state index contributed by atoms with van der Waals surface area (Å²) in [6.07, 6.45) is 1.49. The minimum absolute atomic E-state index is 0.485. The highest BCUT2D eigenvalue weighted by Crippen LogP contribution is 2.21. The van der Waals surface area contributed by atoms with E-state index in [2.05, 4.69) is 26.9 Å². The van der Waals surface area contributed by atoms with E-state index in [9.17, 15) is 0 Å². The lowest BCUT2D eigenvalue weighted by Gasteiger charge is -2.29. The van der Waals surface area contributed by atoms with E-state index in [1.54, 1.807) is 7.11 Å². The number of methoxy groups -OCH3 is 1. The summed E-state index contributed by atoms with van der Waals surface area (Å²) < 4.78 is 7.16. The van der Waals surface area contributed by atoms with Crippen molar-refractivity contribution in [2.75, 3.05) is 32.5 Å². The van der Waals surface area contributed by atoms with Gasteiger partial charge in [-0.15, -0.1) is 0 Å². The molecule has 3 rings (SSSR count). The second-order valence-corrected chi connectivity index (χ2v) is 5.23. The van der Waals surface area contributed by atoms with Crippen LogP contribution in [0.3, 0.4) is 0 Å². The molecule has 0 unspecified atom stereocenters. The molecule has 1 fully saturated rings. The molecule has 2 aromatic heterocycles. The number of hydrogen-bond donors (Lipinski definition) is 2. The van der Waals surface area contributed by atoms with Crippen LogP contribution < -0.4 is 11.1 Å². The SMILES string of the molecule is C=C1CN(Cc2c(COC)cc3c(N)ncnn23)CCN1. The Labute approximate surface area is 123 Å². The third-order valence-corrected chi connectivity index (χ3v) is 3.68. The van der Waals surface area contributed by atoms with Crippen LogP contribution in [0.2, 0.25) is 0 Å². The average Bonchev–Trinajstić information content (AvgIpc) is 2.79. The van der Waals surface area contributed by atoms with Crippen molar-refractivity contribution in [1.29, 1.82) is 0 Å². The molecule has 0 aromatic carbocycles. The number of nitrogens with zero attached hydrogens (tertiary/aromatic N) is 4. The molecule has 1 aliphatic heterocycles. The molecule has 21 heavy (non-hydrogen) atoms. The van der Waals surface area contributed by atoms with Gasteiger partial charge in [-0.3, -0.25) is 4.90 Å². The molecule has 0 spiro atoms. The summed E-state index contributed by atoms with van der Waals surface area (Å²) in [6, 6.07) is 2.01. The van der Waals surface area contributed by atoms with Gasteiger partial charge in [0.25, 0.3) is 0 Å². The third kappa shape index (κ3) is 2.70. The smallest absolute Gasteiger partial charge is 0.151 e. The van der Waals surface area contributed by atoms with Crippen LogP contribution in [-0.4, -0.2) is 46.2 Å². The number of rotatable bonds is 4. The van der Waals surface area contributed by atoms with Crippen LogP contribution in [0.1, 0.15) is 11.3 Å². The number of fused-ring (bicyclic) bond motifs is 1. The van der Waals surface area contributed by atoms with Crippen molar-refractivity contribution >= 4 is 11.3 Å². The molecule has 0 saturated carbocycles. The van der Waals surface area contributed by atoms with Gasteiger partial charge in [0.05, 0.1) is 12.3 Å². The highest BCUT2D eigenvalue weighted by Gasteiger charge is 2.19. The Morgan fingerprint density at radius 1 is 1.52 bits per heavy atom. The quantitative estimate of drug-likeness (QED) is 0.846. The van der Waals surface area contributed by atoms with Crippen molar-refractivity contribution in [3.63, 3.8) is 0 Å². The summed E-state index contributed by atoms with van der Waals surface area (Å²) >= 11 is 0. The fourth-order valence-electron chi connectivity index (χ4n) is 2.70. The Bertz CT molecular complexity index is 665. The summed E-state index contributed by atoms with van der Waals surface area (Å²) in [5, 5.41) is 7.60. The van der Waals surface area contributed by atoms with Crippen LogP contribution in [0.25, 0.3) is 5.52 Å². The van der Waals surface area contributed by atoms with Gasteiger partial charge in [-0.2, -0.15) is 5.10 Å². The molecular formula is C14H20N6O. The molecule has 112 valence electrons. The number of nitrogen functional groups attached to an aromatic ring is 1. The first kappa shape index (κ1) is 13.8. The van der Waals surface area contributed by atoms with Crippen molar-refractivity contribution in [3.8, 4) is 0 Å². The van der Waals surface area contributed by atoms with E-state index in [1.807, 2.05) is 10.6 Å². The first-order chi connectivity index (χ1) is 10.2. The topological polar surface area (TPSA) is 80.7 Å². The number of hydrogen-bond acceptors (Lipinski definition) is 6. The Balaban J connectivity index is 1.97. The monoisotopic (exact) mass is 288 g/mol. The fraction of sp³-hybridized carbons (Fsp3) is 0.429. The highest BCUT2D eigenvalue weighted by atomic mass is 16.5. The zero-order valence-corrected chi connectivity index (χ0v) is 12.2. The maximum absolute atomic E-state index is 5.94. The maximum atomic E-state index is 5.94. The summed E-state index contributed by atoms with van der Waals surface area (Å²) in [5.74, 6) is 0.485. The largest absolute Gasteiger partial charge is 0.386 e. The number of aromatic nitrogens is 3. The Morgan fingerprint density at radius 2 is 2.38 bits per heavy atom. The minimum Gasteiger partial charge on any atom is -0.386 e. The lowest BCUT2D eigenvalue weighted by Crippen LogP contribution is -2.41. The second kappa shape index (κ2) is 5.71. The van der Waals surface area contributed by atoms with Crippen molar-refractivity contribution in [2.45, 2.75) is 13.2 Å². The molecule has 7 nitrogen and oxygen atoms in total. The van der Waals surface area contributed by atoms with Crippen LogP contribution in [0.4, 0.5) is 5.82 Å². The molecule has 3 N–H and O–H groups in total. The van der Waals surface area contributed by atoms with Gasteiger partial charge in [0.1, 0.15) is 11.8 Å². The minimum atomic E-state index is 0.485. The first-order valence-corrected chi connectivity index (χ1v) is 6.92. The van der Waals surface area contributed by atoms with Gasteiger partial charge in [-0.05, 0) is 6.07 Å².